The molecule has 1 fully saturated rings. The Morgan fingerprint density at radius 1 is 1.07 bits per heavy atom. The monoisotopic (exact) mass is 392 g/mol. The average molecular weight is 392 g/mol. The van der Waals surface area contributed by atoms with E-state index in [0.717, 1.165) is 38.4 Å². The van der Waals surface area contributed by atoms with Gasteiger partial charge in [0, 0.05) is 31.1 Å². The zero-order valence-corrected chi connectivity index (χ0v) is 15.7. The summed E-state index contributed by atoms with van der Waals surface area (Å²) in [7, 11) is 0. The van der Waals surface area contributed by atoms with Crippen molar-refractivity contribution in [2.45, 2.75) is 23.7 Å². The summed E-state index contributed by atoms with van der Waals surface area (Å²) in [4.78, 5) is 15.0. The first-order valence-corrected chi connectivity index (χ1v) is 9.70. The van der Waals surface area contributed by atoms with Crippen LogP contribution >= 0.6 is 11.8 Å². The Bertz CT molecular complexity index is 750. The number of halogens is 2. The number of carbonyl (C=O) groups is 1. The number of benzene rings is 2. The number of amides is 1. The maximum atomic E-state index is 12.6. The molecule has 0 aromatic heterocycles. The summed E-state index contributed by atoms with van der Waals surface area (Å²) in [5, 5.41) is 2.81. The number of alkyl halides is 2. The third-order valence-electron chi connectivity index (χ3n) is 4.33. The van der Waals surface area contributed by atoms with E-state index in [0.29, 0.717) is 18.3 Å². The van der Waals surface area contributed by atoms with E-state index < -0.39 is 5.76 Å². The lowest BCUT2D eigenvalue weighted by Crippen LogP contribution is -2.35. The van der Waals surface area contributed by atoms with E-state index in [4.69, 9.17) is 4.74 Å². The first kappa shape index (κ1) is 19.8. The van der Waals surface area contributed by atoms with Crippen molar-refractivity contribution in [3.05, 3.63) is 65.2 Å². The summed E-state index contributed by atoms with van der Waals surface area (Å²) < 4.78 is 30.6. The van der Waals surface area contributed by atoms with Crippen molar-refractivity contribution >= 4 is 17.7 Å². The van der Waals surface area contributed by atoms with Crippen molar-refractivity contribution in [1.82, 2.24) is 10.2 Å². The molecule has 1 amide bonds. The molecular formula is C20H22F2N2O2S. The van der Waals surface area contributed by atoms with E-state index in [1.54, 1.807) is 18.2 Å². The van der Waals surface area contributed by atoms with Crippen LogP contribution in [0.15, 0.2) is 53.4 Å². The predicted molar refractivity (Wildman–Crippen MR) is 102 cm³/mol. The van der Waals surface area contributed by atoms with Gasteiger partial charge >= 0.3 is 0 Å². The number of nitrogens with one attached hydrogen (secondary N) is 1. The molecule has 144 valence electrons. The zero-order chi connectivity index (χ0) is 19.1. The second-order valence-corrected chi connectivity index (χ2v) is 7.29. The van der Waals surface area contributed by atoms with Gasteiger partial charge in [0.2, 0.25) is 0 Å². The molecule has 0 aliphatic carbocycles. The van der Waals surface area contributed by atoms with Gasteiger partial charge < -0.3 is 10.1 Å². The van der Waals surface area contributed by atoms with Gasteiger partial charge in [0.1, 0.15) is 0 Å². The third-order valence-corrected chi connectivity index (χ3v) is 5.12. The summed E-state index contributed by atoms with van der Waals surface area (Å²) in [6.07, 6.45) is 0. The van der Waals surface area contributed by atoms with E-state index in [2.05, 4.69) is 22.3 Å². The van der Waals surface area contributed by atoms with Gasteiger partial charge in [-0.2, -0.15) is 8.78 Å². The highest BCUT2D eigenvalue weighted by atomic mass is 32.2. The molecule has 1 aliphatic heterocycles. The standard InChI is InChI=1S/C20H22F2N2O2S/c21-20(22)27-18-4-2-1-3-17(18)19(25)23-13-15-5-7-16(8-6-15)14-24-9-11-26-12-10-24/h1-8,20H,9-14H2,(H,23,25). The lowest BCUT2D eigenvalue weighted by molar-refractivity contribution is 0.0342. The van der Waals surface area contributed by atoms with Crippen molar-refractivity contribution in [1.29, 1.82) is 0 Å². The van der Waals surface area contributed by atoms with Crippen LogP contribution in [-0.2, 0) is 17.8 Å². The number of hydrogen-bond donors (Lipinski definition) is 1. The molecule has 0 spiro atoms. The van der Waals surface area contributed by atoms with E-state index >= 15 is 0 Å². The molecule has 2 aromatic carbocycles. The van der Waals surface area contributed by atoms with Crippen LogP contribution in [0, 0.1) is 0 Å². The molecule has 4 nitrogen and oxygen atoms in total. The molecule has 3 rings (SSSR count). The number of carbonyl (C=O) groups excluding carboxylic acids is 1. The van der Waals surface area contributed by atoms with Crippen molar-refractivity contribution in [3.8, 4) is 0 Å². The Morgan fingerprint density at radius 2 is 1.74 bits per heavy atom. The zero-order valence-electron chi connectivity index (χ0n) is 14.9. The van der Waals surface area contributed by atoms with Gasteiger partial charge in [-0.25, -0.2) is 0 Å². The average Bonchev–Trinajstić information content (AvgIpc) is 2.68. The van der Waals surface area contributed by atoms with Gasteiger partial charge in [-0.05, 0) is 23.3 Å². The number of morpholine rings is 1. The minimum Gasteiger partial charge on any atom is -0.379 e. The SMILES string of the molecule is O=C(NCc1ccc(CN2CCOCC2)cc1)c1ccccc1SC(F)F. The van der Waals surface area contributed by atoms with Gasteiger partial charge in [-0.1, -0.05) is 48.2 Å². The second kappa shape index (κ2) is 9.82. The highest BCUT2D eigenvalue weighted by molar-refractivity contribution is 7.99. The number of nitrogens with zero attached hydrogens (tertiary/aromatic N) is 1. The number of thioether (sulfide) groups is 1. The number of rotatable bonds is 7. The van der Waals surface area contributed by atoms with Crippen LogP contribution in [-0.4, -0.2) is 42.9 Å². The summed E-state index contributed by atoms with van der Waals surface area (Å²) in [6, 6.07) is 14.5. The molecule has 0 saturated carbocycles. The first-order chi connectivity index (χ1) is 13.1. The van der Waals surface area contributed by atoms with Crippen LogP contribution < -0.4 is 5.32 Å². The van der Waals surface area contributed by atoms with E-state index in [1.165, 1.54) is 11.6 Å². The number of hydrogen-bond acceptors (Lipinski definition) is 4. The van der Waals surface area contributed by atoms with E-state index in [9.17, 15) is 13.6 Å². The Morgan fingerprint density at radius 3 is 2.44 bits per heavy atom. The first-order valence-electron chi connectivity index (χ1n) is 8.82. The van der Waals surface area contributed by atoms with Gasteiger partial charge in [0.15, 0.2) is 0 Å². The molecular weight excluding hydrogens is 370 g/mol. The minimum absolute atomic E-state index is 0.270. The van der Waals surface area contributed by atoms with Crippen LogP contribution in [0.5, 0.6) is 0 Å². The molecule has 2 aromatic rings. The van der Waals surface area contributed by atoms with Crippen LogP contribution in [0.1, 0.15) is 21.5 Å². The Kier molecular flexibility index (Phi) is 7.20. The van der Waals surface area contributed by atoms with Gasteiger partial charge in [0.05, 0.1) is 18.8 Å². The lowest BCUT2D eigenvalue weighted by atomic mass is 10.1. The second-order valence-electron chi connectivity index (χ2n) is 6.26. The fourth-order valence-corrected chi connectivity index (χ4v) is 3.55. The third kappa shape index (κ3) is 6.02. The van der Waals surface area contributed by atoms with Crippen LogP contribution in [0.3, 0.4) is 0 Å². The topological polar surface area (TPSA) is 41.6 Å². The molecule has 27 heavy (non-hydrogen) atoms. The van der Waals surface area contributed by atoms with E-state index in [1.807, 2.05) is 12.1 Å². The quantitative estimate of drug-likeness (QED) is 0.729. The fourth-order valence-electron chi connectivity index (χ4n) is 2.91. The summed E-state index contributed by atoms with van der Waals surface area (Å²) in [5.74, 6) is -2.91. The van der Waals surface area contributed by atoms with Crippen molar-refractivity contribution in [2.24, 2.45) is 0 Å². The predicted octanol–water partition coefficient (Wildman–Crippen LogP) is 3.76. The molecule has 0 bridgehead atoms. The highest BCUT2D eigenvalue weighted by Crippen LogP contribution is 2.28. The van der Waals surface area contributed by atoms with Crippen LogP contribution in [0.2, 0.25) is 0 Å². The molecule has 1 heterocycles. The Balaban J connectivity index is 1.54. The lowest BCUT2D eigenvalue weighted by Gasteiger charge is -2.26. The maximum Gasteiger partial charge on any atom is 0.288 e. The number of ether oxygens (including phenoxy) is 1. The van der Waals surface area contributed by atoms with Crippen LogP contribution in [0.4, 0.5) is 8.78 Å². The summed E-state index contributed by atoms with van der Waals surface area (Å²) in [5.41, 5.74) is 2.45. The van der Waals surface area contributed by atoms with E-state index in [-0.39, 0.29) is 16.4 Å². The van der Waals surface area contributed by atoms with Crippen molar-refractivity contribution in [2.75, 3.05) is 26.3 Å². The maximum absolute atomic E-state index is 12.6. The molecule has 1 N–H and O–H groups in total. The Labute approximate surface area is 161 Å². The summed E-state index contributed by atoms with van der Waals surface area (Å²) >= 11 is 0.386. The molecule has 1 saturated heterocycles. The fraction of sp³-hybridized carbons (Fsp3) is 0.350. The van der Waals surface area contributed by atoms with Crippen molar-refractivity contribution < 1.29 is 18.3 Å². The Hall–Kier alpha value is -1.96. The van der Waals surface area contributed by atoms with Crippen LogP contribution in [0.25, 0.3) is 0 Å². The van der Waals surface area contributed by atoms with Crippen molar-refractivity contribution in [3.63, 3.8) is 0 Å². The van der Waals surface area contributed by atoms with Gasteiger partial charge in [-0.15, -0.1) is 0 Å². The largest absolute Gasteiger partial charge is 0.379 e. The molecule has 0 unspecified atom stereocenters. The molecule has 0 radical (unpaired) electrons. The molecule has 7 heteroatoms. The highest BCUT2D eigenvalue weighted by Gasteiger charge is 2.15. The van der Waals surface area contributed by atoms with Gasteiger partial charge in [-0.3, -0.25) is 9.69 Å². The smallest absolute Gasteiger partial charge is 0.288 e. The molecule has 1 aliphatic rings. The summed E-state index contributed by atoms with van der Waals surface area (Å²) in [6.45, 7) is 4.66. The molecule has 0 atom stereocenters. The normalized spacial score (nSPS) is 15.1. The minimum atomic E-state index is -2.56. The van der Waals surface area contributed by atoms with Gasteiger partial charge in [0.25, 0.3) is 11.7 Å².